The highest BCUT2D eigenvalue weighted by atomic mass is 32.2. The van der Waals surface area contributed by atoms with Gasteiger partial charge >= 0.3 is 0 Å². The van der Waals surface area contributed by atoms with Crippen molar-refractivity contribution in [3.8, 4) is 0 Å². The van der Waals surface area contributed by atoms with Gasteiger partial charge in [0.25, 0.3) is 17.5 Å². The number of thioether (sulfide) groups is 1. The van der Waals surface area contributed by atoms with Crippen LogP contribution in [0.3, 0.4) is 0 Å². The highest BCUT2D eigenvalue weighted by molar-refractivity contribution is 8.04. The average molecular weight is 408 g/mol. The number of nitro benzene ring substituents is 1. The van der Waals surface area contributed by atoms with Gasteiger partial charge in [-0.05, 0) is 42.7 Å². The van der Waals surface area contributed by atoms with Gasteiger partial charge in [0.15, 0.2) is 0 Å². The van der Waals surface area contributed by atoms with Gasteiger partial charge in [-0.25, -0.2) is 0 Å². The number of amides is 2. The van der Waals surface area contributed by atoms with Crippen molar-refractivity contribution in [2.75, 3.05) is 0 Å². The highest BCUT2D eigenvalue weighted by Gasteiger charge is 2.43. The van der Waals surface area contributed by atoms with Gasteiger partial charge in [-0.15, -0.1) is 0 Å². The zero-order valence-electron chi connectivity index (χ0n) is 15.7. The highest BCUT2D eigenvalue weighted by Crippen LogP contribution is 2.42. The Morgan fingerprint density at radius 3 is 2.17 bits per heavy atom. The van der Waals surface area contributed by atoms with Gasteiger partial charge in [-0.3, -0.25) is 24.6 Å². The van der Waals surface area contributed by atoms with Crippen molar-refractivity contribution >= 4 is 34.8 Å². The number of nitro groups is 1. The summed E-state index contributed by atoms with van der Waals surface area (Å²) < 4.78 is 0. The lowest BCUT2D eigenvalue weighted by Gasteiger charge is -2.29. The lowest BCUT2D eigenvalue weighted by molar-refractivity contribution is -0.384. The Kier molecular flexibility index (Phi) is 5.49. The van der Waals surface area contributed by atoms with Crippen LogP contribution in [0.4, 0.5) is 5.69 Å². The summed E-state index contributed by atoms with van der Waals surface area (Å²) in [6.45, 7) is 0. The van der Waals surface area contributed by atoms with Gasteiger partial charge in [0.2, 0.25) is 0 Å². The number of hydrogen-bond acceptors (Lipinski definition) is 5. The molecule has 2 aromatic carbocycles. The lowest BCUT2D eigenvalue weighted by Crippen LogP contribution is -2.42. The summed E-state index contributed by atoms with van der Waals surface area (Å²) in [5, 5.41) is 11.0. The molecule has 1 saturated carbocycles. The van der Waals surface area contributed by atoms with Gasteiger partial charge in [0.05, 0.1) is 15.4 Å². The Balaban J connectivity index is 1.75. The van der Waals surface area contributed by atoms with E-state index in [0.29, 0.717) is 16.0 Å². The van der Waals surface area contributed by atoms with Crippen molar-refractivity contribution in [3.05, 3.63) is 75.2 Å². The van der Waals surface area contributed by atoms with Gasteiger partial charge in [-0.1, -0.05) is 49.2 Å². The molecule has 0 radical (unpaired) electrons. The SMILES string of the molecule is O=C1C(Sc2ccccc2)=C(c2ccc([N+](=O)[O-])cc2)C(=O)N1C1CCCCC1. The van der Waals surface area contributed by atoms with Crippen molar-refractivity contribution in [3.63, 3.8) is 0 Å². The van der Waals surface area contributed by atoms with Crippen LogP contribution in [0, 0.1) is 10.1 Å². The fourth-order valence-electron chi connectivity index (χ4n) is 3.90. The molecule has 7 heteroatoms. The molecule has 2 aliphatic rings. The molecule has 0 aromatic heterocycles. The molecule has 0 saturated heterocycles. The van der Waals surface area contributed by atoms with Gasteiger partial charge < -0.3 is 0 Å². The second kappa shape index (κ2) is 8.21. The fourth-order valence-corrected chi connectivity index (χ4v) is 4.92. The molecule has 1 heterocycles. The van der Waals surface area contributed by atoms with Crippen molar-refractivity contribution in [2.45, 2.75) is 43.0 Å². The predicted molar refractivity (Wildman–Crippen MR) is 111 cm³/mol. The molecular formula is C22H20N2O4S. The summed E-state index contributed by atoms with van der Waals surface area (Å²) in [5.74, 6) is -0.557. The molecule has 2 aromatic rings. The molecule has 1 aliphatic carbocycles. The first-order chi connectivity index (χ1) is 14.1. The molecule has 6 nitrogen and oxygen atoms in total. The maximum atomic E-state index is 13.3. The van der Waals surface area contributed by atoms with Crippen molar-refractivity contribution in [2.24, 2.45) is 0 Å². The number of rotatable bonds is 5. The van der Waals surface area contributed by atoms with Crippen LogP contribution < -0.4 is 0 Å². The molecular weight excluding hydrogens is 388 g/mol. The number of carbonyl (C=O) groups excluding carboxylic acids is 2. The number of non-ortho nitro benzene ring substituents is 1. The summed E-state index contributed by atoms with van der Waals surface area (Å²) in [5.41, 5.74) is 0.822. The summed E-state index contributed by atoms with van der Waals surface area (Å²) in [6, 6.07) is 15.2. The first-order valence-electron chi connectivity index (χ1n) is 9.66. The third kappa shape index (κ3) is 3.82. The van der Waals surface area contributed by atoms with Gasteiger partial charge in [-0.2, -0.15) is 0 Å². The normalized spacial score (nSPS) is 17.9. The van der Waals surface area contributed by atoms with Crippen molar-refractivity contribution < 1.29 is 14.5 Å². The molecule has 0 bridgehead atoms. The largest absolute Gasteiger partial charge is 0.271 e. The van der Waals surface area contributed by atoms with E-state index in [-0.39, 0.29) is 23.5 Å². The molecule has 4 rings (SSSR count). The lowest BCUT2D eigenvalue weighted by atomic mass is 9.94. The third-order valence-electron chi connectivity index (χ3n) is 5.34. The quantitative estimate of drug-likeness (QED) is 0.403. The molecule has 0 unspecified atom stereocenters. The zero-order valence-corrected chi connectivity index (χ0v) is 16.6. The molecule has 1 aliphatic heterocycles. The van der Waals surface area contributed by atoms with Crippen LogP contribution in [0.15, 0.2) is 64.4 Å². The Morgan fingerprint density at radius 2 is 1.55 bits per heavy atom. The minimum atomic E-state index is -0.478. The summed E-state index contributed by atoms with van der Waals surface area (Å²) in [6.07, 6.45) is 4.80. The van der Waals surface area contributed by atoms with Crippen LogP contribution in [0.5, 0.6) is 0 Å². The topological polar surface area (TPSA) is 80.5 Å². The molecule has 0 spiro atoms. The Morgan fingerprint density at radius 1 is 0.897 bits per heavy atom. The number of benzene rings is 2. The molecule has 1 fully saturated rings. The van der Waals surface area contributed by atoms with Crippen LogP contribution in [0.1, 0.15) is 37.7 Å². The maximum Gasteiger partial charge on any atom is 0.269 e. The fraction of sp³-hybridized carbons (Fsp3) is 0.273. The van der Waals surface area contributed by atoms with Gasteiger partial charge in [0, 0.05) is 23.1 Å². The Hall–Kier alpha value is -2.93. The van der Waals surface area contributed by atoms with E-state index in [1.807, 2.05) is 30.3 Å². The molecule has 148 valence electrons. The Bertz CT molecular complexity index is 980. The smallest absolute Gasteiger partial charge is 0.269 e. The van der Waals surface area contributed by atoms with E-state index in [4.69, 9.17) is 0 Å². The van der Waals surface area contributed by atoms with E-state index in [2.05, 4.69) is 0 Å². The number of carbonyl (C=O) groups is 2. The van der Waals surface area contributed by atoms with E-state index in [1.165, 1.54) is 28.8 Å². The monoisotopic (exact) mass is 408 g/mol. The van der Waals surface area contributed by atoms with E-state index in [9.17, 15) is 19.7 Å². The van der Waals surface area contributed by atoms with Crippen LogP contribution in [0.2, 0.25) is 0 Å². The second-order valence-electron chi connectivity index (χ2n) is 7.20. The second-order valence-corrected chi connectivity index (χ2v) is 8.28. The van der Waals surface area contributed by atoms with Crippen LogP contribution in [-0.2, 0) is 9.59 Å². The van der Waals surface area contributed by atoms with Crippen LogP contribution >= 0.6 is 11.8 Å². The van der Waals surface area contributed by atoms with E-state index >= 15 is 0 Å². The number of imide groups is 1. The first-order valence-corrected chi connectivity index (χ1v) is 10.5. The minimum Gasteiger partial charge on any atom is -0.271 e. The van der Waals surface area contributed by atoms with Crippen molar-refractivity contribution in [1.82, 2.24) is 4.90 Å². The number of nitrogens with zero attached hydrogens (tertiary/aromatic N) is 2. The zero-order chi connectivity index (χ0) is 20.4. The van der Waals surface area contributed by atoms with Gasteiger partial charge in [0.1, 0.15) is 0 Å². The molecule has 29 heavy (non-hydrogen) atoms. The summed E-state index contributed by atoms with van der Waals surface area (Å²) >= 11 is 1.28. The summed E-state index contributed by atoms with van der Waals surface area (Å²) in [4.78, 5) is 39.8. The van der Waals surface area contributed by atoms with Crippen LogP contribution in [0.25, 0.3) is 5.57 Å². The molecule has 2 amide bonds. The molecule has 0 atom stereocenters. The predicted octanol–water partition coefficient (Wildman–Crippen LogP) is 4.80. The first kappa shape index (κ1) is 19.4. The molecule has 0 N–H and O–H groups in total. The minimum absolute atomic E-state index is 0.0486. The standard InChI is InChI=1S/C22H20N2O4S/c25-21-19(15-11-13-17(14-12-15)24(27)28)20(29-18-9-5-2-6-10-18)22(26)23(21)16-7-3-1-4-8-16/h2,5-6,9-14,16H,1,3-4,7-8H2. The summed E-state index contributed by atoms with van der Waals surface area (Å²) in [7, 11) is 0. The van der Waals surface area contributed by atoms with E-state index in [0.717, 1.165) is 37.0 Å². The average Bonchev–Trinajstić information content (AvgIpc) is 2.99. The van der Waals surface area contributed by atoms with E-state index < -0.39 is 4.92 Å². The Labute approximate surface area is 172 Å². The van der Waals surface area contributed by atoms with E-state index in [1.54, 1.807) is 12.1 Å². The van der Waals surface area contributed by atoms with Crippen LogP contribution in [-0.4, -0.2) is 27.7 Å². The third-order valence-corrected chi connectivity index (χ3v) is 6.43. The maximum absolute atomic E-state index is 13.3. The van der Waals surface area contributed by atoms with Crippen molar-refractivity contribution in [1.29, 1.82) is 0 Å². The number of hydrogen-bond donors (Lipinski definition) is 0.